The van der Waals surface area contributed by atoms with E-state index in [0.717, 1.165) is 11.4 Å². The lowest BCUT2D eigenvalue weighted by molar-refractivity contribution is 0.400. The second-order valence-electron chi connectivity index (χ2n) is 10.8. The number of hydrogen-bond donors (Lipinski definition) is 0. The van der Waals surface area contributed by atoms with Gasteiger partial charge in [0.25, 0.3) is 0 Å². The first-order valence-corrected chi connectivity index (χ1v) is 13.6. The Morgan fingerprint density at radius 2 is 0.816 bits per heavy atom. The van der Waals surface area contributed by atoms with Crippen LogP contribution in [0.5, 0.6) is 0 Å². The number of para-hydroxylation sites is 2. The van der Waals surface area contributed by atoms with E-state index in [-0.39, 0.29) is 0 Å². The van der Waals surface area contributed by atoms with Crippen LogP contribution >= 0.6 is 0 Å². The summed E-state index contributed by atoms with van der Waals surface area (Å²) >= 11 is 0. The molecule has 1 aromatic heterocycles. The van der Waals surface area contributed by atoms with E-state index >= 15 is 0 Å². The van der Waals surface area contributed by atoms with Crippen molar-refractivity contribution in [3.05, 3.63) is 88.2 Å². The highest BCUT2D eigenvalue weighted by molar-refractivity contribution is 5.98. The fraction of sp³-hybridized carbons (Fsp3) is 0.424. The second-order valence-corrected chi connectivity index (χ2v) is 10.8. The van der Waals surface area contributed by atoms with Crippen LogP contribution in [-0.2, 0) is 9.47 Å². The molecule has 5 nitrogen and oxygen atoms in total. The van der Waals surface area contributed by atoms with Crippen LogP contribution in [0.25, 0.3) is 0 Å². The van der Waals surface area contributed by atoms with E-state index in [0.29, 0.717) is 46.9 Å². The van der Waals surface area contributed by atoms with E-state index < -0.39 is 0 Å². The maximum atomic E-state index is 5.80. The number of ether oxygens (including phenoxy) is 2. The highest BCUT2D eigenvalue weighted by Gasteiger charge is 2.19. The summed E-state index contributed by atoms with van der Waals surface area (Å²) in [6, 6.07) is 18.5. The minimum Gasteiger partial charge on any atom is -0.479 e. The number of methoxy groups -OCH3 is 2. The zero-order valence-electron chi connectivity index (χ0n) is 24.7. The third-order valence-corrected chi connectivity index (χ3v) is 6.69. The van der Waals surface area contributed by atoms with Gasteiger partial charge >= 0.3 is 0 Å². The Bertz CT molecular complexity index is 1150. The van der Waals surface area contributed by atoms with Crippen molar-refractivity contribution in [1.29, 1.82) is 0 Å². The van der Waals surface area contributed by atoms with Crippen LogP contribution in [-0.4, -0.2) is 31.0 Å². The fourth-order valence-electron chi connectivity index (χ4n) is 4.57. The number of hydrogen-bond acceptors (Lipinski definition) is 5. The summed E-state index contributed by atoms with van der Waals surface area (Å²) in [5.74, 6) is 2.23. The number of benzene rings is 2. The van der Waals surface area contributed by atoms with Crippen molar-refractivity contribution in [2.24, 2.45) is 9.98 Å². The maximum absolute atomic E-state index is 5.80. The lowest BCUT2D eigenvalue weighted by Gasteiger charge is -2.18. The van der Waals surface area contributed by atoms with Gasteiger partial charge in [-0.1, -0.05) is 97.9 Å². The van der Waals surface area contributed by atoms with Crippen molar-refractivity contribution in [3.63, 3.8) is 0 Å². The van der Waals surface area contributed by atoms with Gasteiger partial charge in [-0.2, -0.15) is 0 Å². The molecular formula is C33H43N3O2. The summed E-state index contributed by atoms with van der Waals surface area (Å²) in [5, 5.41) is 0. The zero-order valence-corrected chi connectivity index (χ0v) is 24.7. The minimum absolute atomic E-state index is 0.327. The Balaban J connectivity index is 2.16. The van der Waals surface area contributed by atoms with Crippen LogP contribution in [0.2, 0.25) is 0 Å². The molecule has 0 N–H and O–H groups in total. The minimum atomic E-state index is 0.327. The Morgan fingerprint density at radius 1 is 0.526 bits per heavy atom. The van der Waals surface area contributed by atoms with Crippen molar-refractivity contribution in [2.75, 3.05) is 14.2 Å². The number of aliphatic imine (C=N–C) groups is 2. The Hall–Kier alpha value is -3.47. The molecule has 0 bridgehead atoms. The van der Waals surface area contributed by atoms with Crippen LogP contribution in [0.3, 0.4) is 0 Å². The molecule has 0 radical (unpaired) electrons. The Labute approximate surface area is 229 Å². The van der Waals surface area contributed by atoms with Gasteiger partial charge in [-0.3, -0.25) is 0 Å². The molecule has 0 fully saturated rings. The molecule has 3 aromatic rings. The highest BCUT2D eigenvalue weighted by Crippen LogP contribution is 2.36. The van der Waals surface area contributed by atoms with Gasteiger partial charge in [-0.15, -0.1) is 0 Å². The molecule has 0 saturated heterocycles. The standard InChI is InChI=1S/C33H43N3O2/c1-20(2)24-14-11-15-25(21(3)4)30(24)35-32(37-9)28-18-13-19-29(34-28)33(38-10)36-31-26(22(5)6)16-12-17-27(31)23(7)8/h11-23H,1-10H3. The molecule has 0 unspecified atom stereocenters. The second kappa shape index (κ2) is 12.9. The average molecular weight is 514 g/mol. The fourth-order valence-corrected chi connectivity index (χ4v) is 4.57. The van der Waals surface area contributed by atoms with Crippen molar-refractivity contribution in [2.45, 2.75) is 79.1 Å². The third kappa shape index (κ3) is 6.50. The molecule has 0 amide bonds. The van der Waals surface area contributed by atoms with Gasteiger partial charge in [-0.25, -0.2) is 15.0 Å². The van der Waals surface area contributed by atoms with E-state index in [1.165, 1.54) is 22.3 Å². The maximum Gasteiger partial charge on any atom is 0.240 e. The van der Waals surface area contributed by atoms with Gasteiger partial charge in [0.2, 0.25) is 11.8 Å². The van der Waals surface area contributed by atoms with Crippen molar-refractivity contribution < 1.29 is 9.47 Å². The molecule has 0 aliphatic carbocycles. The molecular weight excluding hydrogens is 470 g/mol. The van der Waals surface area contributed by atoms with Gasteiger partial charge in [0, 0.05) is 0 Å². The molecule has 0 saturated carbocycles. The van der Waals surface area contributed by atoms with Gasteiger partial charge in [0.1, 0.15) is 11.4 Å². The van der Waals surface area contributed by atoms with Gasteiger partial charge in [-0.05, 0) is 58.1 Å². The SMILES string of the molecule is COC(=Nc1c(C(C)C)cccc1C(C)C)c1cccc(C(=Nc2c(C(C)C)cccc2C(C)C)OC)n1. The van der Waals surface area contributed by atoms with Gasteiger partial charge in [0.05, 0.1) is 25.6 Å². The van der Waals surface area contributed by atoms with Crippen LogP contribution in [0.15, 0.2) is 64.6 Å². The molecule has 0 spiro atoms. The lowest BCUT2D eigenvalue weighted by Crippen LogP contribution is -2.12. The molecule has 2 aromatic carbocycles. The molecule has 0 aliphatic heterocycles. The predicted octanol–water partition coefficient (Wildman–Crippen LogP) is 9.02. The largest absolute Gasteiger partial charge is 0.479 e. The van der Waals surface area contributed by atoms with Crippen LogP contribution in [0.4, 0.5) is 11.4 Å². The summed E-state index contributed by atoms with van der Waals surface area (Å²) in [6.45, 7) is 17.5. The Morgan fingerprint density at radius 3 is 1.08 bits per heavy atom. The number of pyridine rings is 1. The summed E-state index contributed by atoms with van der Waals surface area (Å²) in [7, 11) is 3.28. The molecule has 202 valence electrons. The van der Waals surface area contributed by atoms with Crippen molar-refractivity contribution in [3.8, 4) is 0 Å². The summed E-state index contributed by atoms with van der Waals surface area (Å²) in [6.07, 6.45) is 0. The molecule has 5 heteroatoms. The first kappa shape index (κ1) is 29.1. The molecule has 38 heavy (non-hydrogen) atoms. The van der Waals surface area contributed by atoms with E-state index in [1.807, 2.05) is 18.2 Å². The van der Waals surface area contributed by atoms with E-state index in [9.17, 15) is 0 Å². The first-order valence-electron chi connectivity index (χ1n) is 13.6. The predicted molar refractivity (Wildman–Crippen MR) is 160 cm³/mol. The smallest absolute Gasteiger partial charge is 0.240 e. The number of rotatable bonds is 8. The summed E-state index contributed by atoms with van der Waals surface area (Å²) in [5.41, 5.74) is 7.91. The van der Waals surface area contributed by atoms with Crippen LogP contribution < -0.4 is 0 Å². The quantitative estimate of drug-likeness (QED) is 0.223. The zero-order chi connectivity index (χ0) is 28.0. The lowest BCUT2D eigenvalue weighted by atomic mass is 9.93. The molecule has 3 rings (SSSR count). The van der Waals surface area contributed by atoms with Crippen molar-refractivity contribution in [1.82, 2.24) is 4.98 Å². The monoisotopic (exact) mass is 513 g/mol. The summed E-state index contributed by atoms with van der Waals surface area (Å²) in [4.78, 5) is 14.9. The molecule has 0 aliphatic rings. The van der Waals surface area contributed by atoms with Gasteiger partial charge < -0.3 is 9.47 Å². The highest BCUT2D eigenvalue weighted by atomic mass is 16.5. The van der Waals surface area contributed by atoms with Gasteiger partial charge in [0.15, 0.2) is 0 Å². The van der Waals surface area contributed by atoms with Crippen LogP contribution in [0, 0.1) is 0 Å². The average Bonchev–Trinajstić information content (AvgIpc) is 2.89. The Kier molecular flexibility index (Phi) is 9.84. The van der Waals surface area contributed by atoms with Crippen LogP contribution in [0.1, 0.15) is 113 Å². The number of aromatic nitrogens is 1. The summed E-state index contributed by atoms with van der Waals surface area (Å²) < 4.78 is 11.6. The molecule has 1 heterocycles. The normalized spacial score (nSPS) is 12.7. The topological polar surface area (TPSA) is 56.1 Å². The van der Waals surface area contributed by atoms with E-state index in [1.54, 1.807) is 14.2 Å². The third-order valence-electron chi connectivity index (χ3n) is 6.69. The van der Waals surface area contributed by atoms with E-state index in [2.05, 4.69) is 91.8 Å². The van der Waals surface area contributed by atoms with Crippen molar-refractivity contribution >= 4 is 23.2 Å². The first-order chi connectivity index (χ1) is 18.1. The number of nitrogens with zero attached hydrogens (tertiary/aromatic N) is 3. The molecule has 0 atom stereocenters. The van der Waals surface area contributed by atoms with E-state index in [4.69, 9.17) is 24.4 Å².